The lowest BCUT2D eigenvalue weighted by atomic mass is 10.1. The molecule has 0 saturated heterocycles. The lowest BCUT2D eigenvalue weighted by molar-refractivity contribution is 0.603. The Balaban J connectivity index is 3.23. The lowest BCUT2D eigenvalue weighted by Crippen LogP contribution is -1.93. The van der Waals surface area contributed by atoms with Crippen LogP contribution in [0, 0.1) is 12.4 Å². The SMILES string of the molecule is [C-]#[N+]C(C)c1c(F)cccc1Br. The third kappa shape index (κ3) is 1.64. The molecule has 12 heavy (non-hydrogen) atoms. The molecule has 0 aromatic heterocycles. The summed E-state index contributed by atoms with van der Waals surface area (Å²) < 4.78 is 13.8. The first-order valence-electron chi connectivity index (χ1n) is 3.47. The number of hydrogen-bond acceptors (Lipinski definition) is 0. The van der Waals surface area contributed by atoms with Gasteiger partial charge in [-0.05, 0) is 12.1 Å². The fourth-order valence-corrected chi connectivity index (χ4v) is 1.65. The van der Waals surface area contributed by atoms with Crippen molar-refractivity contribution in [3.05, 3.63) is 45.5 Å². The van der Waals surface area contributed by atoms with Crippen LogP contribution in [0.25, 0.3) is 4.85 Å². The van der Waals surface area contributed by atoms with Crippen LogP contribution in [0.2, 0.25) is 0 Å². The van der Waals surface area contributed by atoms with Crippen molar-refractivity contribution in [3.8, 4) is 0 Å². The summed E-state index contributed by atoms with van der Waals surface area (Å²) in [7, 11) is 0. The molecule has 1 unspecified atom stereocenters. The Bertz CT molecular complexity index is 310. The topological polar surface area (TPSA) is 4.36 Å². The molecule has 0 radical (unpaired) electrons. The van der Waals surface area contributed by atoms with E-state index in [0.29, 0.717) is 10.0 Å². The zero-order valence-corrected chi connectivity index (χ0v) is 8.10. The van der Waals surface area contributed by atoms with Crippen molar-refractivity contribution in [1.82, 2.24) is 0 Å². The summed E-state index contributed by atoms with van der Waals surface area (Å²) >= 11 is 3.21. The van der Waals surface area contributed by atoms with Gasteiger partial charge < -0.3 is 4.85 Å². The monoisotopic (exact) mass is 227 g/mol. The molecule has 0 spiro atoms. The van der Waals surface area contributed by atoms with Gasteiger partial charge in [-0.25, -0.2) is 11.0 Å². The Hall–Kier alpha value is -0.880. The highest BCUT2D eigenvalue weighted by Crippen LogP contribution is 2.27. The summed E-state index contributed by atoms with van der Waals surface area (Å²) in [5.41, 5.74) is 0.438. The summed E-state index contributed by atoms with van der Waals surface area (Å²) in [6.07, 6.45) is 0. The van der Waals surface area contributed by atoms with Crippen LogP contribution in [0.5, 0.6) is 0 Å². The molecule has 3 heteroatoms. The molecule has 0 N–H and O–H groups in total. The normalized spacial score (nSPS) is 12.2. The molecule has 0 amide bonds. The molecule has 0 fully saturated rings. The molecule has 1 atom stereocenters. The zero-order chi connectivity index (χ0) is 9.14. The largest absolute Gasteiger partial charge is 0.309 e. The van der Waals surface area contributed by atoms with E-state index in [1.54, 1.807) is 19.1 Å². The van der Waals surface area contributed by atoms with Crippen LogP contribution in [-0.2, 0) is 0 Å². The van der Waals surface area contributed by atoms with E-state index < -0.39 is 6.04 Å². The molecule has 1 rings (SSSR count). The van der Waals surface area contributed by atoms with Crippen LogP contribution in [0.3, 0.4) is 0 Å². The van der Waals surface area contributed by atoms with E-state index in [1.165, 1.54) is 6.07 Å². The Kier molecular flexibility index (Phi) is 2.83. The maximum absolute atomic E-state index is 13.1. The molecule has 62 valence electrons. The van der Waals surface area contributed by atoms with E-state index in [2.05, 4.69) is 20.8 Å². The third-order valence-electron chi connectivity index (χ3n) is 1.61. The van der Waals surface area contributed by atoms with Crippen LogP contribution in [0.4, 0.5) is 4.39 Å². The second kappa shape index (κ2) is 3.68. The van der Waals surface area contributed by atoms with Crippen molar-refractivity contribution in [1.29, 1.82) is 0 Å². The number of hydrogen-bond donors (Lipinski definition) is 0. The Labute approximate surface area is 79.2 Å². The van der Waals surface area contributed by atoms with Crippen molar-refractivity contribution < 1.29 is 4.39 Å². The van der Waals surface area contributed by atoms with Gasteiger partial charge in [-0.1, -0.05) is 22.0 Å². The molecular formula is C9H7BrFN. The minimum absolute atomic E-state index is 0.326. The minimum Gasteiger partial charge on any atom is -0.309 e. The van der Waals surface area contributed by atoms with Gasteiger partial charge in [-0.3, -0.25) is 0 Å². The standard InChI is InChI=1S/C9H7BrFN/c1-6(12-2)9-7(10)4-3-5-8(9)11/h3-6H,1H3. The van der Waals surface area contributed by atoms with Gasteiger partial charge in [-0.2, -0.15) is 0 Å². The van der Waals surface area contributed by atoms with Gasteiger partial charge in [0.05, 0.1) is 5.56 Å². The molecule has 0 aliphatic heterocycles. The van der Waals surface area contributed by atoms with Gasteiger partial charge in [0.25, 0.3) is 0 Å². The Morgan fingerprint density at radius 2 is 2.25 bits per heavy atom. The van der Waals surface area contributed by atoms with Crippen LogP contribution in [-0.4, -0.2) is 0 Å². The first-order valence-corrected chi connectivity index (χ1v) is 4.26. The molecule has 1 aromatic carbocycles. The van der Waals surface area contributed by atoms with Crippen molar-refractivity contribution in [2.45, 2.75) is 13.0 Å². The fourth-order valence-electron chi connectivity index (χ4n) is 0.974. The maximum Gasteiger partial charge on any atom is 0.249 e. The van der Waals surface area contributed by atoms with Crippen molar-refractivity contribution in [2.24, 2.45) is 0 Å². The number of halogens is 2. The number of benzene rings is 1. The van der Waals surface area contributed by atoms with Crippen molar-refractivity contribution >= 4 is 15.9 Å². The minimum atomic E-state index is -0.430. The van der Waals surface area contributed by atoms with Gasteiger partial charge in [0.1, 0.15) is 5.82 Å². The quantitative estimate of drug-likeness (QED) is 0.647. The van der Waals surface area contributed by atoms with Gasteiger partial charge in [-0.15, -0.1) is 0 Å². The summed E-state index contributed by atoms with van der Waals surface area (Å²) in [6, 6.07) is 4.28. The molecule has 0 saturated carbocycles. The molecule has 1 aromatic rings. The number of rotatable bonds is 1. The molecule has 0 heterocycles. The highest BCUT2D eigenvalue weighted by Gasteiger charge is 2.17. The van der Waals surface area contributed by atoms with E-state index in [9.17, 15) is 4.39 Å². The Morgan fingerprint density at radius 1 is 1.58 bits per heavy atom. The summed E-state index contributed by atoms with van der Waals surface area (Å²) in [5.74, 6) is -0.326. The van der Waals surface area contributed by atoms with Crippen molar-refractivity contribution in [2.75, 3.05) is 0 Å². The van der Waals surface area contributed by atoms with E-state index in [0.717, 1.165) is 0 Å². The summed E-state index contributed by atoms with van der Waals surface area (Å²) in [5, 5.41) is 0. The van der Waals surface area contributed by atoms with E-state index >= 15 is 0 Å². The van der Waals surface area contributed by atoms with Crippen molar-refractivity contribution in [3.63, 3.8) is 0 Å². The second-order valence-electron chi connectivity index (χ2n) is 2.44. The van der Waals surface area contributed by atoms with Gasteiger partial charge in [0.2, 0.25) is 6.04 Å². The lowest BCUT2D eigenvalue weighted by Gasteiger charge is -2.03. The Morgan fingerprint density at radius 3 is 2.75 bits per heavy atom. The molecule has 0 aliphatic rings. The summed E-state index contributed by atoms with van der Waals surface area (Å²) in [4.78, 5) is 3.26. The third-order valence-corrected chi connectivity index (χ3v) is 2.30. The van der Waals surface area contributed by atoms with Crippen LogP contribution < -0.4 is 0 Å². The van der Waals surface area contributed by atoms with E-state index in [1.807, 2.05) is 0 Å². The van der Waals surface area contributed by atoms with Gasteiger partial charge in [0.15, 0.2) is 0 Å². The fraction of sp³-hybridized carbons (Fsp3) is 0.222. The smallest absolute Gasteiger partial charge is 0.249 e. The maximum atomic E-state index is 13.1. The summed E-state index contributed by atoms with van der Waals surface area (Å²) in [6.45, 7) is 8.45. The molecule has 0 aliphatic carbocycles. The predicted molar refractivity (Wildman–Crippen MR) is 49.1 cm³/mol. The van der Waals surface area contributed by atoms with E-state index in [4.69, 9.17) is 6.57 Å². The average Bonchev–Trinajstić information content (AvgIpc) is 2.03. The average molecular weight is 228 g/mol. The van der Waals surface area contributed by atoms with Crippen LogP contribution in [0.15, 0.2) is 22.7 Å². The molecular weight excluding hydrogens is 221 g/mol. The predicted octanol–water partition coefficient (Wildman–Crippen LogP) is 3.57. The van der Waals surface area contributed by atoms with Crippen LogP contribution >= 0.6 is 15.9 Å². The molecule has 1 nitrogen and oxygen atoms in total. The highest BCUT2D eigenvalue weighted by atomic mass is 79.9. The van der Waals surface area contributed by atoms with E-state index in [-0.39, 0.29) is 5.82 Å². The highest BCUT2D eigenvalue weighted by molar-refractivity contribution is 9.10. The first kappa shape index (κ1) is 9.21. The van der Waals surface area contributed by atoms with Gasteiger partial charge in [0, 0.05) is 11.4 Å². The zero-order valence-electron chi connectivity index (χ0n) is 6.51. The molecule has 0 bridgehead atoms. The van der Waals surface area contributed by atoms with Crippen LogP contribution in [0.1, 0.15) is 18.5 Å². The second-order valence-corrected chi connectivity index (χ2v) is 3.29. The number of nitrogens with zero attached hydrogens (tertiary/aromatic N) is 1. The first-order chi connectivity index (χ1) is 5.66. The van der Waals surface area contributed by atoms with Gasteiger partial charge >= 0.3 is 0 Å².